The van der Waals surface area contributed by atoms with Gasteiger partial charge in [-0.1, -0.05) is 54.6 Å². The number of amides is 1. The molecular weight excluding hydrogens is 260 g/mol. The summed E-state index contributed by atoms with van der Waals surface area (Å²) in [6.45, 7) is 4.04. The van der Waals surface area contributed by atoms with E-state index in [2.05, 4.69) is 5.32 Å². The summed E-state index contributed by atoms with van der Waals surface area (Å²) in [5.74, 6) is -0.0258. The molecule has 1 amide bonds. The van der Waals surface area contributed by atoms with E-state index in [1.807, 2.05) is 68.4 Å². The highest BCUT2D eigenvalue weighted by molar-refractivity contribution is 5.77. The van der Waals surface area contributed by atoms with Crippen LogP contribution in [0.25, 0.3) is 0 Å². The lowest BCUT2D eigenvalue weighted by molar-refractivity contribution is -0.122. The van der Waals surface area contributed by atoms with Crippen LogP contribution in [0.5, 0.6) is 0 Å². The Morgan fingerprint density at radius 3 is 2.38 bits per heavy atom. The van der Waals surface area contributed by atoms with Crippen molar-refractivity contribution in [1.82, 2.24) is 5.32 Å². The van der Waals surface area contributed by atoms with Crippen molar-refractivity contribution in [3.05, 3.63) is 71.3 Å². The summed E-state index contributed by atoms with van der Waals surface area (Å²) in [5.41, 5.74) is 9.38. The zero-order valence-electron chi connectivity index (χ0n) is 12.5. The minimum atomic E-state index is -0.268. The first-order valence-corrected chi connectivity index (χ1v) is 7.23. The monoisotopic (exact) mass is 282 g/mol. The molecule has 0 radical (unpaired) electrons. The third kappa shape index (κ3) is 4.17. The topological polar surface area (TPSA) is 55.1 Å². The van der Waals surface area contributed by atoms with Gasteiger partial charge in [-0.25, -0.2) is 0 Å². The molecular formula is C18H22N2O. The Balaban J connectivity index is 1.94. The number of hydrogen-bond acceptors (Lipinski definition) is 2. The van der Waals surface area contributed by atoms with Gasteiger partial charge in [-0.2, -0.15) is 0 Å². The maximum absolute atomic E-state index is 12.1. The summed E-state index contributed by atoms with van der Waals surface area (Å²) in [7, 11) is 0. The summed E-state index contributed by atoms with van der Waals surface area (Å²) in [6.07, 6.45) is 0.292. The van der Waals surface area contributed by atoms with Gasteiger partial charge in [0.1, 0.15) is 0 Å². The van der Waals surface area contributed by atoms with E-state index in [1.165, 1.54) is 5.56 Å². The predicted octanol–water partition coefficient (Wildman–Crippen LogP) is 3.26. The van der Waals surface area contributed by atoms with Crippen molar-refractivity contribution in [2.45, 2.75) is 32.4 Å². The van der Waals surface area contributed by atoms with Crippen LogP contribution in [0.15, 0.2) is 54.6 Å². The van der Waals surface area contributed by atoms with Crippen LogP contribution in [0.4, 0.5) is 0 Å². The molecule has 2 aromatic rings. The van der Waals surface area contributed by atoms with Crippen LogP contribution < -0.4 is 11.1 Å². The third-order valence-electron chi connectivity index (χ3n) is 3.67. The molecule has 2 aromatic carbocycles. The van der Waals surface area contributed by atoms with Crippen molar-refractivity contribution in [2.75, 3.05) is 0 Å². The molecule has 3 N–H and O–H groups in total. The van der Waals surface area contributed by atoms with Crippen LogP contribution in [0.1, 0.15) is 42.1 Å². The van der Waals surface area contributed by atoms with E-state index >= 15 is 0 Å². The predicted molar refractivity (Wildman–Crippen MR) is 85.7 cm³/mol. The molecule has 0 heterocycles. The summed E-state index contributed by atoms with van der Waals surface area (Å²) in [6, 6.07) is 17.5. The number of rotatable bonds is 5. The molecule has 21 heavy (non-hydrogen) atoms. The maximum Gasteiger partial charge on any atom is 0.222 e. The van der Waals surface area contributed by atoms with Gasteiger partial charge in [-0.3, -0.25) is 4.79 Å². The van der Waals surface area contributed by atoms with E-state index in [9.17, 15) is 4.79 Å². The number of nitrogens with two attached hydrogens (primary N) is 1. The summed E-state index contributed by atoms with van der Waals surface area (Å²) in [5, 5.41) is 3.02. The number of aryl methyl sites for hydroxylation is 1. The molecule has 0 aliphatic carbocycles. The van der Waals surface area contributed by atoms with E-state index in [0.29, 0.717) is 6.42 Å². The zero-order valence-corrected chi connectivity index (χ0v) is 12.5. The number of hydrogen-bond donors (Lipinski definition) is 2. The Kier molecular flexibility index (Phi) is 5.12. The smallest absolute Gasteiger partial charge is 0.222 e. The third-order valence-corrected chi connectivity index (χ3v) is 3.67. The van der Waals surface area contributed by atoms with Gasteiger partial charge < -0.3 is 11.1 Å². The Bertz CT molecular complexity index is 595. The quantitative estimate of drug-likeness (QED) is 0.884. The van der Waals surface area contributed by atoms with Crippen molar-refractivity contribution in [3.63, 3.8) is 0 Å². The lowest BCUT2D eigenvalue weighted by Crippen LogP contribution is -2.30. The summed E-state index contributed by atoms with van der Waals surface area (Å²) >= 11 is 0. The van der Waals surface area contributed by atoms with E-state index in [4.69, 9.17) is 5.73 Å². The lowest BCUT2D eigenvalue weighted by Gasteiger charge is -2.18. The number of nitrogens with one attached hydrogen (secondary N) is 1. The van der Waals surface area contributed by atoms with Crippen LogP contribution in [0.3, 0.4) is 0 Å². The average molecular weight is 282 g/mol. The van der Waals surface area contributed by atoms with Crippen LogP contribution in [-0.4, -0.2) is 5.91 Å². The minimum absolute atomic E-state index is 0.0123. The van der Waals surface area contributed by atoms with Crippen LogP contribution in [0, 0.1) is 6.92 Å². The fourth-order valence-electron chi connectivity index (χ4n) is 2.47. The van der Waals surface area contributed by atoms with Crippen LogP contribution in [-0.2, 0) is 4.79 Å². The minimum Gasteiger partial charge on any atom is -0.350 e. The van der Waals surface area contributed by atoms with Crippen molar-refractivity contribution in [3.8, 4) is 0 Å². The lowest BCUT2D eigenvalue weighted by atomic mass is 10.0. The summed E-state index contributed by atoms with van der Waals surface area (Å²) < 4.78 is 0. The molecule has 0 saturated carbocycles. The van der Waals surface area contributed by atoms with Crippen molar-refractivity contribution < 1.29 is 4.79 Å². The maximum atomic E-state index is 12.1. The number of carbonyl (C=O) groups is 1. The summed E-state index contributed by atoms with van der Waals surface area (Å²) in [4.78, 5) is 12.1. The standard InChI is InChI=1S/C18H22N2O/c1-13-8-6-7-11-16(13)14(2)20-18(21)12-17(19)15-9-4-3-5-10-15/h3-11,14,17H,12,19H2,1-2H3,(H,20,21)/t14-,17?/m1/s1. The molecule has 110 valence electrons. The zero-order chi connectivity index (χ0) is 15.2. The molecule has 0 aromatic heterocycles. The van der Waals surface area contributed by atoms with Gasteiger partial charge in [0.2, 0.25) is 5.91 Å². The van der Waals surface area contributed by atoms with Gasteiger partial charge >= 0.3 is 0 Å². The number of carbonyl (C=O) groups excluding carboxylic acids is 1. The Labute approximate surface area is 126 Å². The number of benzene rings is 2. The molecule has 0 bridgehead atoms. The highest BCUT2D eigenvalue weighted by Gasteiger charge is 2.15. The molecule has 3 heteroatoms. The molecule has 0 aliphatic rings. The fraction of sp³-hybridized carbons (Fsp3) is 0.278. The van der Waals surface area contributed by atoms with E-state index in [1.54, 1.807) is 0 Å². The average Bonchev–Trinajstić information content (AvgIpc) is 2.48. The van der Waals surface area contributed by atoms with E-state index < -0.39 is 0 Å². The fourth-order valence-corrected chi connectivity index (χ4v) is 2.47. The molecule has 3 nitrogen and oxygen atoms in total. The second-order valence-corrected chi connectivity index (χ2v) is 5.37. The van der Waals surface area contributed by atoms with Gasteiger partial charge in [0.15, 0.2) is 0 Å². The Morgan fingerprint density at radius 2 is 1.71 bits per heavy atom. The second-order valence-electron chi connectivity index (χ2n) is 5.37. The molecule has 2 rings (SSSR count). The van der Waals surface area contributed by atoms with E-state index in [0.717, 1.165) is 11.1 Å². The highest BCUT2D eigenvalue weighted by atomic mass is 16.1. The van der Waals surface area contributed by atoms with Gasteiger partial charge in [0, 0.05) is 12.5 Å². The van der Waals surface area contributed by atoms with Crippen molar-refractivity contribution >= 4 is 5.91 Å². The van der Waals surface area contributed by atoms with Gasteiger partial charge in [-0.15, -0.1) is 0 Å². The Morgan fingerprint density at radius 1 is 1.10 bits per heavy atom. The van der Waals surface area contributed by atoms with Crippen LogP contribution >= 0.6 is 0 Å². The van der Waals surface area contributed by atoms with Gasteiger partial charge in [-0.05, 0) is 30.5 Å². The van der Waals surface area contributed by atoms with Gasteiger partial charge in [0.25, 0.3) is 0 Å². The SMILES string of the molecule is Cc1ccccc1[C@@H](C)NC(=O)CC(N)c1ccccc1. The molecule has 0 fully saturated rings. The first-order chi connectivity index (χ1) is 10.1. The molecule has 0 spiro atoms. The van der Waals surface area contributed by atoms with E-state index in [-0.39, 0.29) is 18.0 Å². The second kappa shape index (κ2) is 7.04. The molecule has 2 atom stereocenters. The highest BCUT2D eigenvalue weighted by Crippen LogP contribution is 2.18. The van der Waals surface area contributed by atoms with Gasteiger partial charge in [0.05, 0.1) is 6.04 Å². The molecule has 0 saturated heterocycles. The first kappa shape index (κ1) is 15.3. The first-order valence-electron chi connectivity index (χ1n) is 7.23. The van der Waals surface area contributed by atoms with Crippen LogP contribution in [0.2, 0.25) is 0 Å². The van der Waals surface area contributed by atoms with Crippen molar-refractivity contribution in [1.29, 1.82) is 0 Å². The van der Waals surface area contributed by atoms with Crippen molar-refractivity contribution in [2.24, 2.45) is 5.73 Å². The molecule has 1 unspecified atom stereocenters. The largest absolute Gasteiger partial charge is 0.350 e. The Hall–Kier alpha value is -2.13. The molecule has 0 aliphatic heterocycles. The normalized spacial score (nSPS) is 13.5.